The molecule has 2 rings (SSSR count). The van der Waals surface area contributed by atoms with E-state index in [-0.39, 0.29) is 11.3 Å². The summed E-state index contributed by atoms with van der Waals surface area (Å²) in [7, 11) is 0. The normalized spacial score (nSPS) is 26.0. The molecule has 0 bridgehead atoms. The molecule has 0 radical (unpaired) electrons. The Balaban J connectivity index is 2.54. The summed E-state index contributed by atoms with van der Waals surface area (Å²) in [6.45, 7) is 1.96. The Kier molecular flexibility index (Phi) is 2.49. The molecule has 1 heterocycles. The van der Waals surface area contributed by atoms with Crippen LogP contribution in [0.1, 0.15) is 24.1 Å². The molecule has 76 valence electrons. The first kappa shape index (κ1) is 9.93. The molecule has 0 spiro atoms. The molecule has 1 aliphatic heterocycles. The minimum Gasteiger partial charge on any atom is -0.323 e. The molecule has 0 saturated heterocycles. The molecule has 1 aliphatic rings. The van der Waals surface area contributed by atoms with Crippen LogP contribution in [0, 0.1) is 11.6 Å². The van der Waals surface area contributed by atoms with Crippen LogP contribution in [0.2, 0.25) is 0 Å². The van der Waals surface area contributed by atoms with Crippen molar-refractivity contribution in [2.24, 2.45) is 5.73 Å². The van der Waals surface area contributed by atoms with Gasteiger partial charge in [-0.25, -0.2) is 8.78 Å². The smallest absolute Gasteiger partial charge is 0.131 e. The Morgan fingerprint density at radius 3 is 2.86 bits per heavy atom. The van der Waals surface area contributed by atoms with Gasteiger partial charge in [-0.2, -0.15) is 11.8 Å². The highest BCUT2D eigenvalue weighted by atomic mass is 32.2. The number of thioether (sulfide) groups is 1. The van der Waals surface area contributed by atoms with E-state index in [1.165, 1.54) is 6.07 Å². The second-order valence-corrected chi connectivity index (χ2v) is 4.87. The number of halogens is 2. The molecule has 2 N–H and O–H groups in total. The molecule has 0 amide bonds. The quantitative estimate of drug-likeness (QED) is 0.720. The zero-order valence-corrected chi connectivity index (χ0v) is 8.57. The molecule has 2 unspecified atom stereocenters. The first-order valence-corrected chi connectivity index (χ1v) is 5.49. The highest BCUT2D eigenvalue weighted by Gasteiger charge is 2.27. The van der Waals surface area contributed by atoms with Crippen LogP contribution in [0.3, 0.4) is 0 Å². The zero-order valence-electron chi connectivity index (χ0n) is 7.76. The molecule has 14 heavy (non-hydrogen) atoms. The third-order valence-electron chi connectivity index (χ3n) is 2.52. The average Bonchev–Trinajstić information content (AvgIpc) is 2.10. The fourth-order valence-corrected chi connectivity index (χ4v) is 2.72. The minimum absolute atomic E-state index is 0.183. The summed E-state index contributed by atoms with van der Waals surface area (Å²) in [5.41, 5.74) is 7.03. The number of fused-ring (bicyclic) bond motifs is 1. The molecule has 0 aliphatic carbocycles. The topological polar surface area (TPSA) is 26.0 Å². The molecular formula is C10H11F2NS. The van der Waals surface area contributed by atoms with Crippen LogP contribution in [-0.4, -0.2) is 5.25 Å². The van der Waals surface area contributed by atoms with E-state index in [9.17, 15) is 8.78 Å². The summed E-state index contributed by atoms with van der Waals surface area (Å²) < 4.78 is 26.3. The largest absolute Gasteiger partial charge is 0.323 e. The maximum absolute atomic E-state index is 13.4. The van der Waals surface area contributed by atoms with Crippen LogP contribution in [0.15, 0.2) is 12.1 Å². The van der Waals surface area contributed by atoms with Crippen molar-refractivity contribution in [2.45, 2.75) is 24.0 Å². The fraction of sp³-hybridized carbons (Fsp3) is 0.400. The van der Waals surface area contributed by atoms with Gasteiger partial charge in [-0.15, -0.1) is 0 Å². The molecule has 1 aromatic rings. The van der Waals surface area contributed by atoms with Crippen LogP contribution in [0.5, 0.6) is 0 Å². The van der Waals surface area contributed by atoms with E-state index < -0.39 is 11.6 Å². The van der Waals surface area contributed by atoms with E-state index in [4.69, 9.17) is 5.73 Å². The minimum atomic E-state index is -0.524. The Hall–Kier alpha value is -0.610. The van der Waals surface area contributed by atoms with Crippen LogP contribution >= 0.6 is 11.8 Å². The Labute approximate surface area is 85.7 Å². The third kappa shape index (κ3) is 1.53. The van der Waals surface area contributed by atoms with Crippen molar-refractivity contribution in [3.63, 3.8) is 0 Å². The van der Waals surface area contributed by atoms with Crippen molar-refractivity contribution in [3.8, 4) is 0 Å². The van der Waals surface area contributed by atoms with E-state index in [0.29, 0.717) is 16.9 Å². The van der Waals surface area contributed by atoms with Crippen LogP contribution in [0.25, 0.3) is 0 Å². The maximum atomic E-state index is 13.4. The summed E-state index contributed by atoms with van der Waals surface area (Å²) in [6.07, 6.45) is 0. The first-order chi connectivity index (χ1) is 6.59. The van der Waals surface area contributed by atoms with Crippen molar-refractivity contribution >= 4 is 11.8 Å². The van der Waals surface area contributed by atoms with E-state index >= 15 is 0 Å². The highest BCUT2D eigenvalue weighted by Crippen LogP contribution is 2.37. The van der Waals surface area contributed by atoms with Gasteiger partial charge in [-0.3, -0.25) is 0 Å². The van der Waals surface area contributed by atoms with Gasteiger partial charge in [0.15, 0.2) is 0 Å². The lowest BCUT2D eigenvalue weighted by molar-refractivity contribution is 0.546. The van der Waals surface area contributed by atoms with Crippen LogP contribution < -0.4 is 5.73 Å². The van der Waals surface area contributed by atoms with Crippen LogP contribution in [0.4, 0.5) is 8.78 Å². The van der Waals surface area contributed by atoms with Gasteiger partial charge in [-0.05, 0) is 11.6 Å². The molecule has 4 heteroatoms. The summed E-state index contributed by atoms with van der Waals surface area (Å²) in [5, 5.41) is 0.183. The maximum Gasteiger partial charge on any atom is 0.131 e. The fourth-order valence-electron chi connectivity index (χ4n) is 1.69. The zero-order chi connectivity index (χ0) is 10.3. The summed E-state index contributed by atoms with van der Waals surface area (Å²) in [5.74, 6) is -0.401. The van der Waals surface area contributed by atoms with Crippen molar-refractivity contribution in [1.82, 2.24) is 0 Å². The highest BCUT2D eigenvalue weighted by molar-refractivity contribution is 7.99. The van der Waals surface area contributed by atoms with Crippen molar-refractivity contribution in [1.29, 1.82) is 0 Å². The van der Waals surface area contributed by atoms with Gasteiger partial charge in [0, 0.05) is 28.7 Å². The van der Waals surface area contributed by atoms with E-state index in [0.717, 1.165) is 6.07 Å². The standard InChI is InChI=1S/C10H11F2NS/c1-5-10(13)9-6(4-14-5)2-7(11)3-8(9)12/h2-3,5,10H,4,13H2,1H3. The van der Waals surface area contributed by atoms with E-state index in [1.54, 1.807) is 11.8 Å². The van der Waals surface area contributed by atoms with Gasteiger partial charge in [0.25, 0.3) is 0 Å². The summed E-state index contributed by atoms with van der Waals surface area (Å²) in [4.78, 5) is 0. The first-order valence-electron chi connectivity index (χ1n) is 4.44. The van der Waals surface area contributed by atoms with Gasteiger partial charge < -0.3 is 5.73 Å². The third-order valence-corrected chi connectivity index (χ3v) is 3.82. The molecule has 0 saturated carbocycles. The monoisotopic (exact) mass is 215 g/mol. The van der Waals surface area contributed by atoms with Gasteiger partial charge in [0.1, 0.15) is 11.6 Å². The van der Waals surface area contributed by atoms with Crippen LogP contribution in [-0.2, 0) is 5.75 Å². The lowest BCUT2D eigenvalue weighted by Gasteiger charge is -2.28. The van der Waals surface area contributed by atoms with E-state index in [2.05, 4.69) is 0 Å². The number of nitrogens with two attached hydrogens (primary N) is 1. The predicted molar refractivity (Wildman–Crippen MR) is 54.0 cm³/mol. The molecule has 1 aromatic carbocycles. The molecular weight excluding hydrogens is 204 g/mol. The Bertz CT molecular complexity index is 367. The molecule has 0 aromatic heterocycles. The summed E-state index contributed by atoms with van der Waals surface area (Å²) >= 11 is 1.63. The predicted octanol–water partition coefficient (Wildman–Crippen LogP) is 2.60. The number of benzene rings is 1. The van der Waals surface area contributed by atoms with Crippen molar-refractivity contribution in [2.75, 3.05) is 0 Å². The second-order valence-electron chi connectivity index (χ2n) is 3.50. The Morgan fingerprint density at radius 2 is 2.14 bits per heavy atom. The SMILES string of the molecule is CC1SCc2cc(F)cc(F)c2C1N. The van der Waals surface area contributed by atoms with Gasteiger partial charge in [0.05, 0.1) is 0 Å². The average molecular weight is 215 g/mol. The molecule has 0 fully saturated rings. The Morgan fingerprint density at radius 1 is 1.43 bits per heavy atom. The number of rotatable bonds is 0. The van der Waals surface area contributed by atoms with Gasteiger partial charge >= 0.3 is 0 Å². The van der Waals surface area contributed by atoms with Crippen molar-refractivity contribution in [3.05, 3.63) is 34.9 Å². The van der Waals surface area contributed by atoms with Crippen molar-refractivity contribution < 1.29 is 8.78 Å². The summed E-state index contributed by atoms with van der Waals surface area (Å²) in [6, 6.07) is 1.95. The van der Waals surface area contributed by atoms with Gasteiger partial charge in [0.2, 0.25) is 0 Å². The lowest BCUT2D eigenvalue weighted by Crippen LogP contribution is -2.27. The second kappa shape index (κ2) is 3.51. The lowest BCUT2D eigenvalue weighted by atomic mass is 9.98. The number of hydrogen-bond acceptors (Lipinski definition) is 2. The molecule has 2 atom stereocenters. The molecule has 1 nitrogen and oxygen atoms in total. The van der Waals surface area contributed by atoms with E-state index in [1.807, 2.05) is 6.92 Å². The number of hydrogen-bond donors (Lipinski definition) is 1. The van der Waals surface area contributed by atoms with Gasteiger partial charge in [-0.1, -0.05) is 6.92 Å².